The second-order valence-electron chi connectivity index (χ2n) is 3.39. The molecule has 3 heteroatoms. The SMILES string of the molecule is CCC(CCl)CCCC(C)(F)F. The fraction of sp³-hybridized carbons (Fsp3) is 1.00. The van der Waals surface area contributed by atoms with Crippen LogP contribution >= 0.6 is 11.6 Å². The maximum absolute atomic E-state index is 12.3. The second-order valence-corrected chi connectivity index (χ2v) is 3.70. The van der Waals surface area contributed by atoms with E-state index in [1.54, 1.807) is 0 Å². The van der Waals surface area contributed by atoms with Gasteiger partial charge in [-0.1, -0.05) is 13.3 Å². The normalized spacial score (nSPS) is 14.8. The van der Waals surface area contributed by atoms with E-state index in [0.29, 0.717) is 18.2 Å². The largest absolute Gasteiger partial charge is 0.245 e. The molecule has 0 aliphatic rings. The Morgan fingerprint density at radius 1 is 1.42 bits per heavy atom. The lowest BCUT2D eigenvalue weighted by Crippen LogP contribution is -2.10. The molecule has 0 bridgehead atoms. The van der Waals surface area contributed by atoms with E-state index in [1.807, 2.05) is 6.92 Å². The molecule has 74 valence electrons. The highest BCUT2D eigenvalue weighted by molar-refractivity contribution is 6.18. The summed E-state index contributed by atoms with van der Waals surface area (Å²) in [4.78, 5) is 0. The van der Waals surface area contributed by atoms with E-state index in [2.05, 4.69) is 0 Å². The van der Waals surface area contributed by atoms with Crippen LogP contribution in [0.3, 0.4) is 0 Å². The van der Waals surface area contributed by atoms with Crippen LogP contribution in [0, 0.1) is 5.92 Å². The molecule has 0 nitrogen and oxygen atoms in total. The van der Waals surface area contributed by atoms with Gasteiger partial charge in [-0.2, -0.15) is 0 Å². The third-order valence-corrected chi connectivity index (χ3v) is 2.46. The molecule has 0 heterocycles. The summed E-state index contributed by atoms with van der Waals surface area (Å²) >= 11 is 5.63. The van der Waals surface area contributed by atoms with Gasteiger partial charge in [0, 0.05) is 12.3 Å². The van der Waals surface area contributed by atoms with E-state index in [4.69, 9.17) is 11.6 Å². The molecule has 0 aromatic rings. The molecule has 12 heavy (non-hydrogen) atoms. The highest BCUT2D eigenvalue weighted by Crippen LogP contribution is 2.22. The minimum absolute atomic E-state index is 0.0135. The predicted octanol–water partition coefficient (Wildman–Crippen LogP) is 4.08. The number of halogens is 3. The van der Waals surface area contributed by atoms with Gasteiger partial charge in [0.05, 0.1) is 0 Å². The molecule has 0 amide bonds. The minimum Gasteiger partial charge on any atom is -0.207 e. The summed E-state index contributed by atoms with van der Waals surface area (Å²) in [6.07, 6.45) is 2.37. The van der Waals surface area contributed by atoms with E-state index in [1.165, 1.54) is 0 Å². The van der Waals surface area contributed by atoms with Crippen LogP contribution in [-0.2, 0) is 0 Å². The maximum atomic E-state index is 12.3. The molecule has 0 saturated heterocycles. The summed E-state index contributed by atoms with van der Waals surface area (Å²) in [6.45, 7) is 3.01. The van der Waals surface area contributed by atoms with Crippen molar-refractivity contribution in [1.29, 1.82) is 0 Å². The summed E-state index contributed by atoms with van der Waals surface area (Å²) in [5.41, 5.74) is 0. The third kappa shape index (κ3) is 6.84. The van der Waals surface area contributed by atoms with Crippen molar-refractivity contribution < 1.29 is 8.78 Å². The van der Waals surface area contributed by atoms with Crippen LogP contribution in [0.1, 0.15) is 39.5 Å². The standard InChI is InChI=1S/C9H17ClF2/c1-3-8(7-10)5-4-6-9(2,11)12/h8H,3-7H2,1-2H3. The monoisotopic (exact) mass is 198 g/mol. The van der Waals surface area contributed by atoms with Gasteiger partial charge < -0.3 is 0 Å². The Kier molecular flexibility index (Phi) is 5.81. The third-order valence-electron chi connectivity index (χ3n) is 2.02. The van der Waals surface area contributed by atoms with Gasteiger partial charge in [-0.25, -0.2) is 8.78 Å². The molecule has 0 aromatic heterocycles. The lowest BCUT2D eigenvalue weighted by molar-refractivity contribution is 0.00958. The first-order valence-corrected chi connectivity index (χ1v) is 4.97. The Bertz CT molecular complexity index is 106. The number of hydrogen-bond acceptors (Lipinski definition) is 0. The zero-order valence-corrected chi connectivity index (χ0v) is 8.50. The van der Waals surface area contributed by atoms with Crippen molar-refractivity contribution in [1.82, 2.24) is 0 Å². The predicted molar refractivity (Wildman–Crippen MR) is 49.0 cm³/mol. The molecule has 0 spiro atoms. The first-order valence-electron chi connectivity index (χ1n) is 4.43. The minimum atomic E-state index is -2.51. The van der Waals surface area contributed by atoms with Crippen LogP contribution in [0.5, 0.6) is 0 Å². The first-order chi connectivity index (χ1) is 5.49. The van der Waals surface area contributed by atoms with Crippen molar-refractivity contribution in [3.8, 4) is 0 Å². The fourth-order valence-corrected chi connectivity index (χ4v) is 1.46. The average Bonchev–Trinajstić information content (AvgIpc) is 1.96. The van der Waals surface area contributed by atoms with Crippen molar-refractivity contribution in [3.05, 3.63) is 0 Å². The quantitative estimate of drug-likeness (QED) is 0.565. The topological polar surface area (TPSA) is 0 Å². The summed E-state index contributed by atoms with van der Waals surface area (Å²) in [7, 11) is 0. The maximum Gasteiger partial charge on any atom is 0.245 e. The molecular formula is C9H17ClF2. The van der Waals surface area contributed by atoms with Gasteiger partial charge in [0.1, 0.15) is 0 Å². The van der Waals surface area contributed by atoms with E-state index < -0.39 is 5.92 Å². The van der Waals surface area contributed by atoms with Gasteiger partial charge in [0.25, 0.3) is 0 Å². The zero-order valence-electron chi connectivity index (χ0n) is 7.75. The highest BCUT2D eigenvalue weighted by Gasteiger charge is 2.20. The first kappa shape index (κ1) is 12.2. The average molecular weight is 199 g/mol. The lowest BCUT2D eigenvalue weighted by atomic mass is 10.00. The van der Waals surface area contributed by atoms with Crippen molar-refractivity contribution >= 4 is 11.6 Å². The molecule has 0 N–H and O–H groups in total. The second kappa shape index (κ2) is 5.74. The van der Waals surface area contributed by atoms with Gasteiger partial charge >= 0.3 is 0 Å². The number of hydrogen-bond donors (Lipinski definition) is 0. The van der Waals surface area contributed by atoms with Gasteiger partial charge in [0.2, 0.25) is 5.92 Å². The number of alkyl halides is 3. The molecule has 0 aliphatic heterocycles. The molecule has 0 radical (unpaired) electrons. The van der Waals surface area contributed by atoms with E-state index >= 15 is 0 Å². The molecule has 0 fully saturated rings. The Morgan fingerprint density at radius 3 is 2.33 bits per heavy atom. The summed E-state index contributed by atoms with van der Waals surface area (Å²) < 4.78 is 24.7. The Labute approximate surface area is 78.3 Å². The summed E-state index contributed by atoms with van der Waals surface area (Å²) in [6, 6.07) is 0. The van der Waals surface area contributed by atoms with E-state index in [9.17, 15) is 8.78 Å². The van der Waals surface area contributed by atoms with Gasteiger partial charge in [-0.15, -0.1) is 11.6 Å². The molecular weight excluding hydrogens is 182 g/mol. The number of rotatable bonds is 6. The molecule has 1 atom stereocenters. The smallest absolute Gasteiger partial charge is 0.207 e. The van der Waals surface area contributed by atoms with Crippen LogP contribution in [-0.4, -0.2) is 11.8 Å². The van der Waals surface area contributed by atoms with Crippen LogP contribution in [0.4, 0.5) is 8.78 Å². The van der Waals surface area contributed by atoms with Crippen molar-refractivity contribution in [2.75, 3.05) is 5.88 Å². The molecule has 0 aliphatic carbocycles. The Hall–Kier alpha value is 0.150. The van der Waals surface area contributed by atoms with Crippen LogP contribution in [0.15, 0.2) is 0 Å². The molecule has 0 aromatic carbocycles. The Balaban J connectivity index is 3.41. The van der Waals surface area contributed by atoms with Crippen LogP contribution in [0.2, 0.25) is 0 Å². The van der Waals surface area contributed by atoms with Gasteiger partial charge in [-0.3, -0.25) is 0 Å². The summed E-state index contributed by atoms with van der Waals surface area (Å²) in [5, 5.41) is 0. The molecule has 0 rings (SSSR count). The fourth-order valence-electron chi connectivity index (χ4n) is 1.09. The van der Waals surface area contributed by atoms with Crippen molar-refractivity contribution in [2.45, 2.75) is 45.5 Å². The van der Waals surface area contributed by atoms with Crippen molar-refractivity contribution in [2.24, 2.45) is 5.92 Å². The molecule has 0 saturated carbocycles. The van der Waals surface area contributed by atoms with Gasteiger partial charge in [-0.05, 0) is 25.7 Å². The lowest BCUT2D eigenvalue weighted by Gasteiger charge is -2.13. The molecule has 1 unspecified atom stereocenters. The van der Waals surface area contributed by atoms with Crippen molar-refractivity contribution in [3.63, 3.8) is 0 Å². The zero-order chi connectivity index (χ0) is 9.61. The van der Waals surface area contributed by atoms with Gasteiger partial charge in [0.15, 0.2) is 0 Å². The van der Waals surface area contributed by atoms with Crippen LogP contribution in [0.25, 0.3) is 0 Å². The Morgan fingerprint density at radius 2 is 2.00 bits per heavy atom. The van der Waals surface area contributed by atoms with E-state index in [-0.39, 0.29) is 6.42 Å². The summed E-state index contributed by atoms with van der Waals surface area (Å²) in [5.74, 6) is -1.51. The van der Waals surface area contributed by atoms with E-state index in [0.717, 1.165) is 19.8 Å². The van der Waals surface area contributed by atoms with Crippen LogP contribution < -0.4 is 0 Å². The highest BCUT2D eigenvalue weighted by atomic mass is 35.5.